The maximum atomic E-state index is 13.6. The highest BCUT2D eigenvalue weighted by Crippen LogP contribution is 2.31. The number of hydrogen-bond acceptors (Lipinski definition) is 7. The van der Waals surface area contributed by atoms with Crippen molar-refractivity contribution >= 4 is 52.6 Å². The first-order valence-electron chi connectivity index (χ1n) is 10.7. The van der Waals surface area contributed by atoms with Gasteiger partial charge in [-0.05, 0) is 48.4 Å². The second-order valence-electron chi connectivity index (χ2n) is 7.80. The number of thiazole rings is 1. The zero-order valence-electron chi connectivity index (χ0n) is 19.3. The Morgan fingerprint density at radius 3 is 2.56 bits per heavy atom. The summed E-state index contributed by atoms with van der Waals surface area (Å²) < 4.78 is 12.3. The molecule has 1 aliphatic rings. The highest BCUT2D eigenvalue weighted by molar-refractivity contribution is 7.07. The minimum absolute atomic E-state index is 0.00715. The van der Waals surface area contributed by atoms with Gasteiger partial charge in [0.1, 0.15) is 12.4 Å². The van der Waals surface area contributed by atoms with Crippen molar-refractivity contribution in [1.82, 2.24) is 4.57 Å². The number of nitrogens with zero attached hydrogens (tertiary/aromatic N) is 2. The van der Waals surface area contributed by atoms with E-state index in [1.54, 1.807) is 55.5 Å². The molecule has 36 heavy (non-hydrogen) atoms. The molecule has 3 aromatic rings. The molecule has 0 saturated heterocycles. The lowest BCUT2D eigenvalue weighted by Crippen LogP contribution is -2.39. The Kier molecular flexibility index (Phi) is 7.59. The third-order valence-corrected chi connectivity index (χ3v) is 6.83. The number of allylic oxidation sites excluding steroid dienone is 1. The molecule has 0 radical (unpaired) electrons. The zero-order chi connectivity index (χ0) is 26.0. The molecule has 7 nitrogen and oxygen atoms in total. The van der Waals surface area contributed by atoms with Gasteiger partial charge in [0, 0.05) is 17.0 Å². The van der Waals surface area contributed by atoms with Crippen molar-refractivity contribution in [2.75, 3.05) is 6.61 Å². The van der Waals surface area contributed by atoms with Gasteiger partial charge in [-0.25, -0.2) is 9.79 Å². The molecule has 10 heteroatoms. The molecule has 0 amide bonds. The lowest BCUT2D eigenvalue weighted by Gasteiger charge is -2.24. The van der Waals surface area contributed by atoms with E-state index in [2.05, 4.69) is 11.6 Å². The molecule has 2 heterocycles. The minimum Gasteiger partial charge on any atom is -0.458 e. The monoisotopic (exact) mass is 542 g/mol. The third kappa shape index (κ3) is 5.21. The van der Waals surface area contributed by atoms with Gasteiger partial charge in [0.05, 0.1) is 21.8 Å². The molecule has 2 aromatic carbocycles. The van der Waals surface area contributed by atoms with Crippen LogP contribution >= 0.6 is 34.5 Å². The van der Waals surface area contributed by atoms with Crippen LogP contribution in [0, 0.1) is 0 Å². The molecule has 0 N–H and O–H groups in total. The van der Waals surface area contributed by atoms with E-state index in [0.717, 1.165) is 0 Å². The lowest BCUT2D eigenvalue weighted by atomic mass is 9.96. The highest BCUT2D eigenvalue weighted by Gasteiger charge is 2.33. The Morgan fingerprint density at radius 1 is 1.19 bits per heavy atom. The van der Waals surface area contributed by atoms with Gasteiger partial charge in [0.2, 0.25) is 0 Å². The molecule has 1 atom stereocenters. The number of fused-ring (bicyclic) bond motifs is 1. The number of benzene rings is 2. The minimum atomic E-state index is -0.812. The summed E-state index contributed by atoms with van der Waals surface area (Å²) in [6, 6.07) is 10.8. The van der Waals surface area contributed by atoms with Crippen molar-refractivity contribution in [2.45, 2.75) is 19.9 Å². The Labute approximate surface area is 220 Å². The van der Waals surface area contributed by atoms with E-state index >= 15 is 0 Å². The number of rotatable bonds is 6. The van der Waals surface area contributed by atoms with Crippen molar-refractivity contribution in [3.8, 4) is 5.75 Å². The number of carbonyl (C=O) groups is 2. The summed E-state index contributed by atoms with van der Waals surface area (Å²) in [6.07, 6.45) is 3.13. The van der Waals surface area contributed by atoms with Crippen LogP contribution in [0.5, 0.6) is 5.75 Å². The third-order valence-electron chi connectivity index (χ3n) is 5.28. The maximum Gasteiger partial charge on any atom is 0.338 e. The van der Waals surface area contributed by atoms with E-state index in [4.69, 9.17) is 32.7 Å². The number of ether oxygens (including phenoxy) is 2. The van der Waals surface area contributed by atoms with E-state index in [1.807, 2.05) is 0 Å². The molecule has 0 spiro atoms. The van der Waals surface area contributed by atoms with Crippen LogP contribution in [0.25, 0.3) is 6.08 Å². The van der Waals surface area contributed by atoms with Gasteiger partial charge < -0.3 is 9.47 Å². The first-order valence-corrected chi connectivity index (χ1v) is 12.3. The topological polar surface area (TPSA) is 87.0 Å². The molecule has 0 fully saturated rings. The summed E-state index contributed by atoms with van der Waals surface area (Å²) in [4.78, 5) is 43.0. The molecule has 4 rings (SSSR count). The summed E-state index contributed by atoms with van der Waals surface area (Å²) >= 11 is 13.5. The molecule has 1 aliphatic heterocycles. The molecule has 184 valence electrons. The summed E-state index contributed by atoms with van der Waals surface area (Å²) in [5.74, 6) is -0.728. The normalized spacial score (nSPS) is 15.2. The van der Waals surface area contributed by atoms with Gasteiger partial charge in [0.25, 0.3) is 5.56 Å². The quantitative estimate of drug-likeness (QED) is 0.264. The molecular formula is C26H20Cl2N2O5S. The van der Waals surface area contributed by atoms with Crippen LogP contribution in [0.4, 0.5) is 0 Å². The molecular weight excluding hydrogens is 523 g/mol. The van der Waals surface area contributed by atoms with Gasteiger partial charge >= 0.3 is 11.9 Å². The number of esters is 2. The van der Waals surface area contributed by atoms with Gasteiger partial charge in [-0.3, -0.25) is 14.2 Å². The average molecular weight is 543 g/mol. The maximum absolute atomic E-state index is 13.6. The first kappa shape index (κ1) is 25.6. The van der Waals surface area contributed by atoms with Crippen molar-refractivity contribution in [3.63, 3.8) is 0 Å². The average Bonchev–Trinajstić information content (AvgIpc) is 3.13. The number of carbonyl (C=O) groups excluding carboxylic acids is 2. The van der Waals surface area contributed by atoms with Gasteiger partial charge in [-0.2, -0.15) is 0 Å². The molecule has 0 saturated carbocycles. The Bertz CT molecular complexity index is 1590. The van der Waals surface area contributed by atoms with E-state index in [-0.39, 0.29) is 17.7 Å². The molecule has 1 unspecified atom stereocenters. The summed E-state index contributed by atoms with van der Waals surface area (Å²) in [7, 11) is 0. The second-order valence-corrected chi connectivity index (χ2v) is 9.65. The molecule has 0 aliphatic carbocycles. The predicted octanol–water partition coefficient (Wildman–Crippen LogP) is 4.20. The van der Waals surface area contributed by atoms with E-state index < -0.39 is 18.0 Å². The van der Waals surface area contributed by atoms with E-state index in [9.17, 15) is 14.4 Å². The molecule has 1 aromatic heterocycles. The van der Waals surface area contributed by atoms with E-state index in [1.165, 1.54) is 28.9 Å². The fraction of sp³-hybridized carbons (Fsp3) is 0.154. The second kappa shape index (κ2) is 10.7. The Morgan fingerprint density at radius 2 is 1.92 bits per heavy atom. The van der Waals surface area contributed by atoms with Crippen molar-refractivity contribution in [3.05, 3.63) is 107 Å². The van der Waals surface area contributed by atoms with Crippen LogP contribution in [0.1, 0.15) is 31.0 Å². The first-order chi connectivity index (χ1) is 17.2. The summed E-state index contributed by atoms with van der Waals surface area (Å²) in [6.45, 7) is 6.58. The highest BCUT2D eigenvalue weighted by atomic mass is 35.5. The Hall–Kier alpha value is -3.46. The SMILES string of the molecule is C=CCOC(=O)C1=C(C)N=c2s/c(=C\c3ccc(Cl)cc3Cl)c(=O)n2C1c1ccc(OC(C)=O)cc1. The predicted molar refractivity (Wildman–Crippen MR) is 139 cm³/mol. The van der Waals surface area contributed by atoms with Gasteiger partial charge in [0.15, 0.2) is 4.80 Å². The number of hydrogen-bond donors (Lipinski definition) is 0. The zero-order valence-corrected chi connectivity index (χ0v) is 21.6. The fourth-order valence-electron chi connectivity index (χ4n) is 3.75. The van der Waals surface area contributed by atoms with Crippen LogP contribution in [0.15, 0.2) is 76.2 Å². The van der Waals surface area contributed by atoms with Crippen molar-refractivity contribution in [1.29, 1.82) is 0 Å². The van der Waals surface area contributed by atoms with Crippen LogP contribution in [-0.4, -0.2) is 23.1 Å². The van der Waals surface area contributed by atoms with E-state index in [0.29, 0.717) is 42.0 Å². The lowest BCUT2D eigenvalue weighted by molar-refractivity contribution is -0.138. The number of halogens is 2. The van der Waals surface area contributed by atoms with Crippen LogP contribution in [0.3, 0.4) is 0 Å². The summed E-state index contributed by atoms with van der Waals surface area (Å²) in [5, 5.41) is 0.880. The van der Waals surface area contributed by atoms with Crippen molar-refractivity contribution in [2.24, 2.45) is 4.99 Å². The fourth-order valence-corrected chi connectivity index (χ4v) is 5.25. The molecule has 0 bridgehead atoms. The van der Waals surface area contributed by atoms with Crippen LogP contribution < -0.4 is 19.6 Å². The van der Waals surface area contributed by atoms with Gasteiger partial charge in [-0.15, -0.1) is 0 Å². The Balaban J connectivity index is 1.90. The number of aromatic nitrogens is 1. The van der Waals surface area contributed by atoms with Crippen LogP contribution in [-0.2, 0) is 14.3 Å². The summed E-state index contributed by atoms with van der Waals surface area (Å²) in [5.41, 5.74) is 1.54. The van der Waals surface area contributed by atoms with Crippen LogP contribution in [0.2, 0.25) is 10.0 Å². The smallest absolute Gasteiger partial charge is 0.338 e. The van der Waals surface area contributed by atoms with Crippen molar-refractivity contribution < 1.29 is 19.1 Å². The largest absolute Gasteiger partial charge is 0.458 e. The standard InChI is InChI=1S/C26H20Cl2N2O5S/c1-4-11-34-25(33)22-14(2)29-26-30(23(22)16-6-9-19(10-7-16)35-15(3)31)24(32)21(36-26)12-17-5-8-18(27)13-20(17)28/h4-10,12-13,23H,1,11H2,2-3H3/b21-12-. The van der Waals surface area contributed by atoms with Gasteiger partial charge in [-0.1, -0.05) is 65.4 Å².